The maximum absolute atomic E-state index is 13.8. The van der Waals surface area contributed by atoms with Gasteiger partial charge in [0, 0.05) is 34.3 Å². The number of ketones is 1. The van der Waals surface area contributed by atoms with E-state index in [0.29, 0.717) is 52.6 Å². The number of rotatable bonds is 9. The largest absolute Gasteiger partial charge is 0.504 e. The summed E-state index contributed by atoms with van der Waals surface area (Å²) in [5.74, 6) is -0.355. The summed E-state index contributed by atoms with van der Waals surface area (Å²) in [6.07, 6.45) is 0.890. The summed E-state index contributed by atoms with van der Waals surface area (Å²) in [5, 5.41) is 14.3. The lowest BCUT2D eigenvalue weighted by Gasteiger charge is -2.36. The van der Waals surface area contributed by atoms with E-state index in [-0.39, 0.29) is 36.4 Å². The lowest BCUT2D eigenvalue weighted by Crippen LogP contribution is -2.36. The predicted octanol–water partition coefficient (Wildman–Crippen LogP) is 6.43. The highest BCUT2D eigenvalue weighted by Gasteiger charge is 2.41. The number of phenols is 1. The normalized spacial score (nSPS) is 18.5. The Balaban J connectivity index is 1.46. The molecular weight excluding hydrogens is 542 g/mol. The molecule has 0 bridgehead atoms. The van der Waals surface area contributed by atoms with Crippen molar-refractivity contribution in [2.24, 2.45) is 0 Å². The molecule has 0 aromatic heterocycles. The van der Waals surface area contributed by atoms with Gasteiger partial charge in [-0.2, -0.15) is 0 Å². The van der Waals surface area contributed by atoms with E-state index in [2.05, 4.69) is 5.32 Å². The van der Waals surface area contributed by atoms with Crippen LogP contribution in [0.3, 0.4) is 0 Å². The second-order valence-electron chi connectivity index (χ2n) is 10.0. The van der Waals surface area contributed by atoms with Crippen molar-refractivity contribution >= 4 is 23.4 Å². The number of dihydropyridines is 1. The first-order valence-electron chi connectivity index (χ1n) is 13.7. The van der Waals surface area contributed by atoms with Crippen LogP contribution in [0, 0.1) is 0 Å². The van der Waals surface area contributed by atoms with Crippen LogP contribution in [0.2, 0.25) is 5.02 Å². The molecule has 2 N–H and O–H groups in total. The summed E-state index contributed by atoms with van der Waals surface area (Å²) in [4.78, 5) is 27.4. The maximum Gasteiger partial charge on any atom is 0.336 e. The second-order valence-corrected chi connectivity index (χ2v) is 10.5. The van der Waals surface area contributed by atoms with Gasteiger partial charge in [-0.25, -0.2) is 4.79 Å². The summed E-state index contributed by atoms with van der Waals surface area (Å²) in [6, 6.07) is 21.8. The quantitative estimate of drug-likeness (QED) is 0.225. The molecule has 41 heavy (non-hydrogen) atoms. The molecule has 0 fully saturated rings. The first-order valence-corrected chi connectivity index (χ1v) is 14.0. The Labute approximate surface area is 244 Å². The molecule has 1 heterocycles. The maximum atomic E-state index is 13.8. The number of para-hydroxylation sites is 1. The van der Waals surface area contributed by atoms with Crippen molar-refractivity contribution in [2.45, 2.75) is 38.5 Å². The van der Waals surface area contributed by atoms with Gasteiger partial charge in [-0.1, -0.05) is 48.0 Å². The van der Waals surface area contributed by atoms with Gasteiger partial charge in [0.05, 0.1) is 12.2 Å². The molecule has 8 heteroatoms. The molecule has 1 aliphatic carbocycles. The Hall–Kier alpha value is -4.23. The fourth-order valence-electron chi connectivity index (χ4n) is 5.48. The van der Waals surface area contributed by atoms with Crippen molar-refractivity contribution in [2.75, 3.05) is 19.8 Å². The van der Waals surface area contributed by atoms with Gasteiger partial charge in [-0.3, -0.25) is 4.79 Å². The van der Waals surface area contributed by atoms with Crippen LogP contribution >= 0.6 is 11.6 Å². The van der Waals surface area contributed by atoms with Crippen molar-refractivity contribution in [3.05, 3.63) is 111 Å². The van der Waals surface area contributed by atoms with E-state index in [1.165, 1.54) is 6.07 Å². The third kappa shape index (κ3) is 6.25. The van der Waals surface area contributed by atoms with Crippen LogP contribution in [0.15, 0.2) is 95.3 Å². The Bertz CT molecular complexity index is 1500. The minimum Gasteiger partial charge on any atom is -0.504 e. The lowest BCUT2D eigenvalue weighted by atomic mass is 9.71. The van der Waals surface area contributed by atoms with Gasteiger partial charge in [0.15, 0.2) is 17.3 Å². The fourth-order valence-corrected chi connectivity index (χ4v) is 5.61. The van der Waals surface area contributed by atoms with E-state index in [1.807, 2.05) is 68.4 Å². The number of hydrogen-bond acceptors (Lipinski definition) is 7. The molecule has 0 spiro atoms. The van der Waals surface area contributed by atoms with Gasteiger partial charge in [-0.05, 0) is 73.7 Å². The van der Waals surface area contributed by atoms with Crippen LogP contribution in [0.25, 0.3) is 0 Å². The zero-order valence-corrected chi connectivity index (χ0v) is 23.7. The van der Waals surface area contributed by atoms with Crippen LogP contribution in [-0.4, -0.2) is 36.7 Å². The first kappa shape index (κ1) is 28.3. The van der Waals surface area contributed by atoms with Crippen molar-refractivity contribution < 1.29 is 28.9 Å². The predicted molar refractivity (Wildman–Crippen MR) is 156 cm³/mol. The van der Waals surface area contributed by atoms with E-state index in [9.17, 15) is 14.7 Å². The Kier molecular flexibility index (Phi) is 8.64. The third-order valence-electron chi connectivity index (χ3n) is 7.33. The van der Waals surface area contributed by atoms with Gasteiger partial charge in [-0.15, -0.1) is 0 Å². The summed E-state index contributed by atoms with van der Waals surface area (Å²) < 4.78 is 17.0. The standard InChI is InChI=1S/C33H32ClNO6/c1-3-39-29-19-22(11-14-27(29)36)31-30(33(38)41-16-15-40-25-7-5-4-6-8-25)20(2)35-26-17-23(18-28(37)32(26)31)21-9-12-24(34)13-10-21/h4-14,19,23,31,35-36H,3,15-18H2,1-2H3/t23-,31-/m0/s1. The van der Waals surface area contributed by atoms with Gasteiger partial charge < -0.3 is 24.6 Å². The average molecular weight is 574 g/mol. The zero-order chi connectivity index (χ0) is 28.9. The number of phenolic OH excluding ortho intramolecular Hbond substituents is 1. The van der Waals surface area contributed by atoms with Crippen molar-refractivity contribution in [3.8, 4) is 17.2 Å². The van der Waals surface area contributed by atoms with E-state index in [4.69, 9.17) is 25.8 Å². The van der Waals surface area contributed by atoms with E-state index in [0.717, 1.165) is 11.3 Å². The second kappa shape index (κ2) is 12.5. The van der Waals surface area contributed by atoms with Crippen LogP contribution < -0.4 is 14.8 Å². The van der Waals surface area contributed by atoms with Gasteiger partial charge in [0.1, 0.15) is 19.0 Å². The topological polar surface area (TPSA) is 94.1 Å². The summed E-state index contributed by atoms with van der Waals surface area (Å²) >= 11 is 6.09. The molecule has 2 aliphatic rings. The van der Waals surface area contributed by atoms with Crippen molar-refractivity contribution in [3.63, 3.8) is 0 Å². The molecule has 5 rings (SSSR count). The molecule has 0 amide bonds. The molecule has 0 radical (unpaired) electrons. The molecule has 3 aromatic carbocycles. The lowest BCUT2D eigenvalue weighted by molar-refractivity contribution is -0.140. The Morgan fingerprint density at radius 2 is 1.71 bits per heavy atom. The van der Waals surface area contributed by atoms with Crippen LogP contribution in [0.1, 0.15) is 49.7 Å². The number of carbonyl (C=O) groups is 2. The number of allylic oxidation sites excluding steroid dienone is 3. The van der Waals surface area contributed by atoms with Crippen molar-refractivity contribution in [1.82, 2.24) is 5.32 Å². The summed E-state index contributed by atoms with van der Waals surface area (Å²) in [5.41, 5.74) is 3.94. The first-order chi connectivity index (χ1) is 19.9. The monoisotopic (exact) mass is 573 g/mol. The highest BCUT2D eigenvalue weighted by Crippen LogP contribution is 2.47. The van der Waals surface area contributed by atoms with Crippen LogP contribution in [0.4, 0.5) is 0 Å². The Morgan fingerprint density at radius 3 is 2.44 bits per heavy atom. The number of ether oxygens (including phenoxy) is 3. The van der Waals surface area contributed by atoms with Crippen LogP contribution in [-0.2, 0) is 14.3 Å². The number of carbonyl (C=O) groups excluding carboxylic acids is 2. The highest BCUT2D eigenvalue weighted by molar-refractivity contribution is 6.30. The minimum atomic E-state index is -0.688. The number of benzene rings is 3. The molecule has 212 valence electrons. The van der Waals surface area contributed by atoms with Gasteiger partial charge in [0.25, 0.3) is 0 Å². The highest BCUT2D eigenvalue weighted by atomic mass is 35.5. The van der Waals surface area contributed by atoms with Gasteiger partial charge >= 0.3 is 5.97 Å². The molecule has 0 saturated heterocycles. The molecule has 2 atom stereocenters. The van der Waals surface area contributed by atoms with Crippen LogP contribution in [0.5, 0.6) is 17.2 Å². The zero-order valence-electron chi connectivity index (χ0n) is 23.0. The van der Waals surface area contributed by atoms with Gasteiger partial charge in [0.2, 0.25) is 0 Å². The smallest absolute Gasteiger partial charge is 0.336 e. The number of aromatic hydroxyl groups is 1. The number of hydrogen-bond donors (Lipinski definition) is 2. The summed E-state index contributed by atoms with van der Waals surface area (Å²) in [7, 11) is 0. The Morgan fingerprint density at radius 1 is 0.976 bits per heavy atom. The summed E-state index contributed by atoms with van der Waals surface area (Å²) in [6.45, 7) is 4.21. The molecule has 0 saturated carbocycles. The molecule has 7 nitrogen and oxygen atoms in total. The van der Waals surface area contributed by atoms with Crippen molar-refractivity contribution in [1.29, 1.82) is 0 Å². The number of Topliss-reactive ketones (excluding diaryl/α,β-unsaturated/α-hetero) is 1. The third-order valence-corrected chi connectivity index (χ3v) is 7.59. The molecule has 3 aromatic rings. The fraction of sp³-hybridized carbons (Fsp3) is 0.273. The molecule has 0 unspecified atom stereocenters. The van der Waals surface area contributed by atoms with E-state index in [1.54, 1.807) is 12.1 Å². The average Bonchev–Trinajstić information content (AvgIpc) is 2.96. The minimum absolute atomic E-state index is 0.0144. The number of nitrogens with one attached hydrogen (secondary N) is 1. The van der Waals surface area contributed by atoms with E-state index >= 15 is 0 Å². The number of halogens is 1. The van der Waals surface area contributed by atoms with E-state index < -0.39 is 11.9 Å². The molecule has 1 aliphatic heterocycles. The number of esters is 1. The molecular formula is C33H32ClNO6. The SMILES string of the molecule is CCOc1cc([C@H]2C(C(=O)OCCOc3ccccc3)=C(C)NC3=C2C(=O)C[C@@H](c2ccc(Cl)cc2)C3)ccc1O.